The van der Waals surface area contributed by atoms with Crippen LogP contribution in [0.4, 0.5) is 0 Å². The van der Waals surface area contributed by atoms with Gasteiger partial charge in [-0.2, -0.15) is 5.48 Å². The van der Waals surface area contributed by atoms with Crippen LogP contribution < -0.4 is 5.48 Å². The number of aldehydes is 1. The molecule has 0 aliphatic carbocycles. The number of nitrogens with one attached hydrogen (secondary N) is 1. The zero-order valence-corrected chi connectivity index (χ0v) is 13.3. The summed E-state index contributed by atoms with van der Waals surface area (Å²) < 4.78 is 0. The summed E-state index contributed by atoms with van der Waals surface area (Å²) in [6.45, 7) is 8.57. The summed E-state index contributed by atoms with van der Waals surface area (Å²) in [5.74, 6) is 0. The lowest BCUT2D eigenvalue weighted by atomic mass is 10.0. The molecule has 0 amide bonds. The fourth-order valence-corrected chi connectivity index (χ4v) is 2.19. The van der Waals surface area contributed by atoms with Gasteiger partial charge >= 0.3 is 0 Å². The number of hydrogen-bond acceptors (Lipinski definition) is 3. The lowest BCUT2D eigenvalue weighted by Gasteiger charge is -2.26. The van der Waals surface area contributed by atoms with Crippen LogP contribution in [-0.2, 0) is 9.63 Å². The fraction of sp³-hybridized carbons (Fsp3) is 0.938. The Hall–Kier alpha value is -0.410. The molecular formula is C16H33NO2. The second-order valence-electron chi connectivity index (χ2n) is 6.08. The van der Waals surface area contributed by atoms with Crippen LogP contribution in [0.1, 0.15) is 85.5 Å². The van der Waals surface area contributed by atoms with E-state index in [1.54, 1.807) is 0 Å². The van der Waals surface area contributed by atoms with Crippen molar-refractivity contribution in [3.05, 3.63) is 0 Å². The van der Waals surface area contributed by atoms with E-state index in [1.807, 2.05) is 0 Å². The van der Waals surface area contributed by atoms with Crippen molar-refractivity contribution >= 4 is 6.29 Å². The Bertz CT molecular complexity index is 217. The van der Waals surface area contributed by atoms with E-state index in [4.69, 9.17) is 4.84 Å². The van der Waals surface area contributed by atoms with Gasteiger partial charge in [0.2, 0.25) is 0 Å². The first-order chi connectivity index (χ1) is 9.05. The van der Waals surface area contributed by atoms with Crippen molar-refractivity contribution in [2.75, 3.05) is 0 Å². The molecule has 1 N–H and O–H groups in total. The third-order valence-corrected chi connectivity index (χ3v) is 3.36. The smallest absolute Gasteiger partial charge is 0.150 e. The van der Waals surface area contributed by atoms with Crippen LogP contribution in [0, 0.1) is 0 Å². The van der Waals surface area contributed by atoms with E-state index in [0.717, 1.165) is 32.0 Å². The van der Waals surface area contributed by atoms with Gasteiger partial charge in [0.15, 0.2) is 6.29 Å². The molecule has 19 heavy (non-hydrogen) atoms. The molecule has 0 aliphatic heterocycles. The van der Waals surface area contributed by atoms with Gasteiger partial charge in [0.1, 0.15) is 6.10 Å². The van der Waals surface area contributed by atoms with E-state index in [1.165, 1.54) is 32.1 Å². The van der Waals surface area contributed by atoms with Gasteiger partial charge in [-0.15, -0.1) is 0 Å². The van der Waals surface area contributed by atoms with Crippen LogP contribution >= 0.6 is 0 Å². The molecule has 1 atom stereocenters. The lowest BCUT2D eigenvalue weighted by Crippen LogP contribution is -2.41. The van der Waals surface area contributed by atoms with E-state index < -0.39 is 0 Å². The first kappa shape index (κ1) is 18.6. The molecule has 0 aromatic heterocycles. The summed E-state index contributed by atoms with van der Waals surface area (Å²) >= 11 is 0. The van der Waals surface area contributed by atoms with Crippen molar-refractivity contribution < 1.29 is 9.63 Å². The van der Waals surface area contributed by atoms with Gasteiger partial charge in [-0.3, -0.25) is 4.84 Å². The first-order valence-electron chi connectivity index (χ1n) is 7.93. The van der Waals surface area contributed by atoms with E-state index in [0.29, 0.717) is 0 Å². The molecule has 0 saturated heterocycles. The number of unbranched alkanes of at least 4 members (excludes halogenated alkanes) is 5. The molecule has 0 rings (SSSR count). The van der Waals surface area contributed by atoms with Crippen molar-refractivity contribution in [2.24, 2.45) is 0 Å². The van der Waals surface area contributed by atoms with Crippen LogP contribution in [-0.4, -0.2) is 17.9 Å². The van der Waals surface area contributed by atoms with Crippen LogP contribution in [0.2, 0.25) is 0 Å². The highest BCUT2D eigenvalue weighted by molar-refractivity contribution is 5.55. The molecular weight excluding hydrogens is 238 g/mol. The summed E-state index contributed by atoms with van der Waals surface area (Å²) in [4.78, 5) is 16.5. The van der Waals surface area contributed by atoms with Crippen LogP contribution in [0.25, 0.3) is 0 Å². The predicted molar refractivity (Wildman–Crippen MR) is 81.1 cm³/mol. The van der Waals surface area contributed by atoms with Gasteiger partial charge < -0.3 is 4.79 Å². The summed E-state index contributed by atoms with van der Waals surface area (Å²) in [6.07, 6.45) is 11.0. The van der Waals surface area contributed by atoms with E-state index in [-0.39, 0.29) is 11.6 Å². The maximum absolute atomic E-state index is 11.0. The lowest BCUT2D eigenvalue weighted by molar-refractivity contribution is -0.129. The number of carbonyl (C=O) groups is 1. The standard InChI is InChI=1S/C16H33NO2/c1-5-7-8-9-10-11-12-15(14-18)19-17-16(3,4)13-6-2/h14-15,17H,5-13H2,1-4H3. The number of rotatable bonds is 13. The van der Waals surface area contributed by atoms with E-state index >= 15 is 0 Å². The van der Waals surface area contributed by atoms with Crippen molar-refractivity contribution in [3.8, 4) is 0 Å². The van der Waals surface area contributed by atoms with Gasteiger partial charge in [-0.05, 0) is 26.7 Å². The average molecular weight is 271 g/mol. The van der Waals surface area contributed by atoms with Gasteiger partial charge in [0, 0.05) is 5.54 Å². The van der Waals surface area contributed by atoms with E-state index in [2.05, 4.69) is 33.2 Å². The Morgan fingerprint density at radius 1 is 1.05 bits per heavy atom. The molecule has 0 aromatic carbocycles. The molecule has 114 valence electrons. The molecule has 3 heteroatoms. The number of carbonyl (C=O) groups excluding carboxylic acids is 1. The zero-order valence-electron chi connectivity index (χ0n) is 13.3. The summed E-state index contributed by atoms with van der Waals surface area (Å²) in [5, 5.41) is 0. The Balaban J connectivity index is 3.68. The van der Waals surface area contributed by atoms with Crippen LogP contribution in [0.15, 0.2) is 0 Å². The molecule has 0 saturated carbocycles. The summed E-state index contributed by atoms with van der Waals surface area (Å²) in [6, 6.07) is 0. The van der Waals surface area contributed by atoms with Gasteiger partial charge in [0.25, 0.3) is 0 Å². The Morgan fingerprint density at radius 3 is 2.26 bits per heavy atom. The molecule has 0 aliphatic rings. The van der Waals surface area contributed by atoms with Crippen molar-refractivity contribution in [1.82, 2.24) is 5.48 Å². The predicted octanol–water partition coefficient (Wildman–Crippen LogP) is 4.40. The topological polar surface area (TPSA) is 38.3 Å². The van der Waals surface area contributed by atoms with Crippen LogP contribution in [0.3, 0.4) is 0 Å². The molecule has 3 nitrogen and oxygen atoms in total. The maximum Gasteiger partial charge on any atom is 0.150 e. The Morgan fingerprint density at radius 2 is 1.68 bits per heavy atom. The summed E-state index contributed by atoms with van der Waals surface area (Å²) in [5.41, 5.74) is 2.98. The quantitative estimate of drug-likeness (QED) is 0.306. The molecule has 0 fully saturated rings. The highest BCUT2D eigenvalue weighted by Crippen LogP contribution is 2.13. The highest BCUT2D eigenvalue weighted by atomic mass is 16.7. The normalized spacial score (nSPS) is 13.5. The minimum atomic E-state index is -0.303. The zero-order chi connectivity index (χ0) is 14.6. The monoisotopic (exact) mass is 271 g/mol. The van der Waals surface area contributed by atoms with E-state index in [9.17, 15) is 4.79 Å². The average Bonchev–Trinajstić information content (AvgIpc) is 2.37. The SMILES string of the molecule is CCCCCCCCC(C=O)ONC(C)(C)CCC. The Kier molecular flexibility index (Phi) is 11.2. The largest absolute Gasteiger partial charge is 0.300 e. The molecule has 0 heterocycles. The summed E-state index contributed by atoms with van der Waals surface area (Å²) in [7, 11) is 0. The molecule has 0 aromatic rings. The van der Waals surface area contributed by atoms with Crippen LogP contribution in [0.5, 0.6) is 0 Å². The van der Waals surface area contributed by atoms with Gasteiger partial charge in [0.05, 0.1) is 0 Å². The van der Waals surface area contributed by atoms with Crippen molar-refractivity contribution in [2.45, 2.75) is 97.1 Å². The van der Waals surface area contributed by atoms with Crippen molar-refractivity contribution in [3.63, 3.8) is 0 Å². The number of hydroxylamine groups is 1. The Labute approximate surface area is 119 Å². The molecule has 0 radical (unpaired) electrons. The van der Waals surface area contributed by atoms with Gasteiger partial charge in [-0.25, -0.2) is 0 Å². The second-order valence-corrected chi connectivity index (χ2v) is 6.08. The highest BCUT2D eigenvalue weighted by Gasteiger charge is 2.18. The maximum atomic E-state index is 11.0. The number of hydrogen-bond donors (Lipinski definition) is 1. The molecule has 1 unspecified atom stereocenters. The second kappa shape index (κ2) is 11.4. The fourth-order valence-electron chi connectivity index (χ4n) is 2.19. The minimum Gasteiger partial charge on any atom is -0.300 e. The molecule has 0 spiro atoms. The van der Waals surface area contributed by atoms with Gasteiger partial charge in [-0.1, -0.05) is 58.8 Å². The third kappa shape index (κ3) is 11.1. The minimum absolute atomic E-state index is 0.0584. The first-order valence-corrected chi connectivity index (χ1v) is 7.93. The van der Waals surface area contributed by atoms with Crippen molar-refractivity contribution in [1.29, 1.82) is 0 Å². The molecule has 0 bridgehead atoms. The third-order valence-electron chi connectivity index (χ3n) is 3.36.